The lowest BCUT2D eigenvalue weighted by Gasteiger charge is -2.15. The Bertz CT molecular complexity index is 774. The first kappa shape index (κ1) is 13.2. The van der Waals surface area contributed by atoms with E-state index in [4.69, 9.17) is 0 Å². The van der Waals surface area contributed by atoms with Crippen molar-refractivity contribution in [2.75, 3.05) is 5.32 Å². The van der Waals surface area contributed by atoms with Crippen LogP contribution in [-0.2, 0) is 0 Å². The molecule has 21 heavy (non-hydrogen) atoms. The minimum Gasteiger partial charge on any atom is -0.321 e. The molecule has 5 nitrogen and oxygen atoms in total. The van der Waals surface area contributed by atoms with Crippen molar-refractivity contribution in [1.82, 2.24) is 9.97 Å². The molecule has 0 unspecified atom stereocenters. The Morgan fingerprint density at radius 3 is 2.24 bits per heavy atom. The van der Waals surface area contributed by atoms with Gasteiger partial charge in [0.2, 0.25) is 11.7 Å². The maximum atomic E-state index is 12.4. The van der Waals surface area contributed by atoms with Crippen molar-refractivity contribution in [3.05, 3.63) is 64.6 Å². The zero-order valence-corrected chi connectivity index (χ0v) is 11.7. The van der Waals surface area contributed by atoms with Crippen molar-refractivity contribution < 1.29 is 9.59 Å². The van der Waals surface area contributed by atoms with Crippen LogP contribution in [0, 0.1) is 13.8 Å². The number of carbonyl (C=O) groups excluding carboxylic acids is 2. The summed E-state index contributed by atoms with van der Waals surface area (Å²) in [5.74, 6) is -0.107. The molecule has 1 heterocycles. The van der Waals surface area contributed by atoms with E-state index >= 15 is 0 Å². The molecule has 3 rings (SSSR count). The standard InChI is InChI=1S/C16H13N3O2/c1-9-7-10(2)18-16(17-9)19-13-8-14(20)11-5-3-4-6-12(11)15(13)21/h3-8H,1-2H3,(H,17,18,19). The van der Waals surface area contributed by atoms with Crippen LogP contribution in [0.1, 0.15) is 32.1 Å². The number of carbonyl (C=O) groups is 2. The number of allylic oxidation sites excluding steroid dienone is 2. The van der Waals surface area contributed by atoms with Crippen molar-refractivity contribution in [2.24, 2.45) is 0 Å². The first-order chi connectivity index (χ1) is 10.0. The van der Waals surface area contributed by atoms with Gasteiger partial charge in [0.25, 0.3) is 0 Å². The van der Waals surface area contributed by atoms with Crippen LogP contribution in [0.15, 0.2) is 42.1 Å². The van der Waals surface area contributed by atoms with Gasteiger partial charge in [-0.15, -0.1) is 0 Å². The summed E-state index contributed by atoms with van der Waals surface area (Å²) in [6.07, 6.45) is 1.30. The Labute approximate surface area is 121 Å². The summed E-state index contributed by atoms with van der Waals surface area (Å²) in [5, 5.41) is 2.85. The quantitative estimate of drug-likeness (QED) is 0.914. The van der Waals surface area contributed by atoms with Crippen molar-refractivity contribution in [3.63, 3.8) is 0 Å². The summed E-state index contributed by atoms with van der Waals surface area (Å²) >= 11 is 0. The largest absolute Gasteiger partial charge is 0.321 e. The Hall–Kier alpha value is -2.82. The van der Waals surface area contributed by atoms with E-state index in [1.165, 1.54) is 6.08 Å². The van der Waals surface area contributed by atoms with Gasteiger partial charge < -0.3 is 5.32 Å². The molecule has 5 heteroatoms. The Kier molecular flexibility index (Phi) is 3.10. The lowest BCUT2D eigenvalue weighted by Crippen LogP contribution is -2.22. The van der Waals surface area contributed by atoms with Gasteiger partial charge in [0, 0.05) is 28.6 Å². The minimum atomic E-state index is -0.229. The van der Waals surface area contributed by atoms with Gasteiger partial charge in [-0.3, -0.25) is 9.59 Å². The first-order valence-electron chi connectivity index (χ1n) is 6.53. The lowest BCUT2D eigenvalue weighted by atomic mass is 9.93. The molecular formula is C16H13N3O2. The second-order valence-electron chi connectivity index (χ2n) is 4.90. The molecular weight excluding hydrogens is 266 g/mol. The highest BCUT2D eigenvalue weighted by atomic mass is 16.1. The fraction of sp³-hybridized carbons (Fsp3) is 0.125. The van der Waals surface area contributed by atoms with E-state index in [-0.39, 0.29) is 17.3 Å². The number of benzene rings is 1. The predicted molar refractivity (Wildman–Crippen MR) is 78.3 cm³/mol. The van der Waals surface area contributed by atoms with E-state index in [2.05, 4.69) is 15.3 Å². The third-order valence-electron chi connectivity index (χ3n) is 3.19. The zero-order valence-electron chi connectivity index (χ0n) is 11.7. The van der Waals surface area contributed by atoms with Gasteiger partial charge in [0.05, 0.1) is 5.70 Å². The monoisotopic (exact) mass is 279 g/mol. The van der Waals surface area contributed by atoms with Crippen LogP contribution < -0.4 is 5.32 Å². The maximum absolute atomic E-state index is 12.4. The number of Topliss-reactive ketones (excluding diaryl/α,β-unsaturated/α-hetero) is 1. The summed E-state index contributed by atoms with van der Waals surface area (Å²) in [4.78, 5) is 32.9. The third-order valence-corrected chi connectivity index (χ3v) is 3.19. The molecule has 0 fully saturated rings. The number of nitrogens with zero attached hydrogens (tertiary/aromatic N) is 2. The number of hydrogen-bond donors (Lipinski definition) is 1. The number of nitrogens with one attached hydrogen (secondary N) is 1. The van der Waals surface area contributed by atoms with Crippen LogP contribution in [0.2, 0.25) is 0 Å². The lowest BCUT2D eigenvalue weighted by molar-refractivity contribution is 0.0985. The second-order valence-corrected chi connectivity index (χ2v) is 4.90. The molecule has 0 amide bonds. The summed E-state index contributed by atoms with van der Waals surface area (Å²) in [6, 6.07) is 8.61. The van der Waals surface area contributed by atoms with Crippen LogP contribution in [-0.4, -0.2) is 21.5 Å². The van der Waals surface area contributed by atoms with Gasteiger partial charge in [-0.05, 0) is 19.9 Å². The number of ketones is 2. The molecule has 0 bridgehead atoms. The van der Waals surface area contributed by atoms with E-state index in [9.17, 15) is 9.59 Å². The van der Waals surface area contributed by atoms with E-state index in [1.54, 1.807) is 24.3 Å². The van der Waals surface area contributed by atoms with E-state index in [1.807, 2.05) is 19.9 Å². The number of rotatable bonds is 2. The van der Waals surface area contributed by atoms with Gasteiger partial charge in [0.1, 0.15) is 0 Å². The summed E-state index contributed by atoms with van der Waals surface area (Å²) < 4.78 is 0. The van der Waals surface area contributed by atoms with Gasteiger partial charge in [0.15, 0.2) is 5.78 Å². The molecule has 1 aromatic heterocycles. The molecule has 0 atom stereocenters. The number of fused-ring (bicyclic) bond motifs is 1. The normalized spacial score (nSPS) is 13.7. The minimum absolute atomic E-state index is 0.197. The molecule has 0 saturated heterocycles. The van der Waals surface area contributed by atoms with Gasteiger partial charge in [-0.2, -0.15) is 0 Å². The Morgan fingerprint density at radius 1 is 0.952 bits per heavy atom. The maximum Gasteiger partial charge on any atom is 0.227 e. The highest BCUT2D eigenvalue weighted by molar-refractivity contribution is 6.25. The predicted octanol–water partition coefficient (Wildman–Crippen LogP) is 2.47. The van der Waals surface area contributed by atoms with Crippen LogP contribution in [0.25, 0.3) is 0 Å². The van der Waals surface area contributed by atoms with Gasteiger partial charge in [-0.25, -0.2) is 9.97 Å². The molecule has 0 aliphatic heterocycles. The molecule has 0 saturated carbocycles. The van der Waals surface area contributed by atoms with Crippen molar-refractivity contribution in [2.45, 2.75) is 13.8 Å². The number of aryl methyl sites for hydroxylation is 2. The molecule has 1 aromatic carbocycles. The number of hydrogen-bond acceptors (Lipinski definition) is 5. The highest BCUT2D eigenvalue weighted by Crippen LogP contribution is 2.21. The third kappa shape index (κ3) is 2.45. The number of aromatic nitrogens is 2. The van der Waals surface area contributed by atoms with Crippen LogP contribution in [0.3, 0.4) is 0 Å². The van der Waals surface area contributed by atoms with Crippen molar-refractivity contribution >= 4 is 17.5 Å². The smallest absolute Gasteiger partial charge is 0.227 e. The highest BCUT2D eigenvalue weighted by Gasteiger charge is 2.25. The Balaban J connectivity index is 1.97. The average molecular weight is 279 g/mol. The van der Waals surface area contributed by atoms with Crippen molar-refractivity contribution in [3.8, 4) is 0 Å². The second kappa shape index (κ2) is 4.94. The average Bonchev–Trinajstić information content (AvgIpc) is 2.43. The molecule has 2 aromatic rings. The van der Waals surface area contributed by atoms with E-state index < -0.39 is 0 Å². The number of anilines is 1. The van der Waals surface area contributed by atoms with Crippen LogP contribution in [0.4, 0.5) is 5.95 Å². The molecule has 1 N–H and O–H groups in total. The zero-order chi connectivity index (χ0) is 15.0. The van der Waals surface area contributed by atoms with Crippen LogP contribution >= 0.6 is 0 Å². The fourth-order valence-corrected chi connectivity index (χ4v) is 2.31. The molecule has 104 valence electrons. The SMILES string of the molecule is Cc1cc(C)nc(NC2=CC(=O)c3ccccc3C2=O)n1. The van der Waals surface area contributed by atoms with Gasteiger partial charge in [-0.1, -0.05) is 24.3 Å². The topological polar surface area (TPSA) is 72.0 Å². The molecule has 0 radical (unpaired) electrons. The molecule has 1 aliphatic rings. The van der Waals surface area contributed by atoms with Crippen LogP contribution in [0.5, 0.6) is 0 Å². The summed E-state index contributed by atoms with van der Waals surface area (Å²) in [7, 11) is 0. The molecule has 0 spiro atoms. The Morgan fingerprint density at radius 2 is 1.57 bits per heavy atom. The van der Waals surface area contributed by atoms with Gasteiger partial charge >= 0.3 is 0 Å². The summed E-state index contributed by atoms with van der Waals surface area (Å²) in [6.45, 7) is 3.69. The summed E-state index contributed by atoms with van der Waals surface area (Å²) in [5.41, 5.74) is 2.61. The van der Waals surface area contributed by atoms with Crippen molar-refractivity contribution in [1.29, 1.82) is 0 Å². The van der Waals surface area contributed by atoms with E-state index in [0.29, 0.717) is 17.1 Å². The molecule has 1 aliphatic carbocycles. The fourth-order valence-electron chi connectivity index (χ4n) is 2.31. The van der Waals surface area contributed by atoms with E-state index in [0.717, 1.165) is 11.4 Å². The first-order valence-corrected chi connectivity index (χ1v) is 6.53.